The Kier molecular flexibility index (Phi) is 5.69. The van der Waals surface area contributed by atoms with Crippen LogP contribution >= 0.6 is 0 Å². The molecule has 0 atom stereocenters. The van der Waals surface area contributed by atoms with Gasteiger partial charge in [0.15, 0.2) is 0 Å². The number of nitrogens with zero attached hydrogens (tertiary/aromatic N) is 2. The van der Waals surface area contributed by atoms with Gasteiger partial charge in [-0.1, -0.05) is 32.9 Å². The molecule has 0 spiro atoms. The van der Waals surface area contributed by atoms with Crippen molar-refractivity contribution in [2.24, 2.45) is 0 Å². The molecule has 2 aromatic rings. The first-order valence-electron chi connectivity index (χ1n) is 7.50. The normalized spacial score (nSPS) is 10.9. The van der Waals surface area contributed by atoms with Crippen molar-refractivity contribution in [2.45, 2.75) is 39.7 Å². The molecule has 0 aliphatic rings. The summed E-state index contributed by atoms with van der Waals surface area (Å²) in [5.41, 5.74) is 2.22. The first kappa shape index (κ1) is 15.4. The lowest BCUT2D eigenvalue weighted by Crippen LogP contribution is -2.15. The highest BCUT2D eigenvalue weighted by molar-refractivity contribution is 5.31. The lowest BCUT2D eigenvalue weighted by atomic mass is 10.0. The van der Waals surface area contributed by atoms with Crippen LogP contribution in [0.15, 0.2) is 36.4 Å². The van der Waals surface area contributed by atoms with E-state index in [1.165, 1.54) is 5.56 Å². The first-order valence-corrected chi connectivity index (χ1v) is 7.50. The van der Waals surface area contributed by atoms with Crippen LogP contribution in [-0.2, 0) is 6.54 Å². The van der Waals surface area contributed by atoms with E-state index in [0.717, 1.165) is 31.0 Å². The van der Waals surface area contributed by atoms with E-state index in [9.17, 15) is 0 Å². The van der Waals surface area contributed by atoms with Crippen molar-refractivity contribution in [3.63, 3.8) is 0 Å². The maximum Gasteiger partial charge on any atom is 0.238 e. The van der Waals surface area contributed by atoms with Gasteiger partial charge in [-0.25, -0.2) is 0 Å². The van der Waals surface area contributed by atoms with Gasteiger partial charge in [-0.3, -0.25) is 0 Å². The first-order chi connectivity index (χ1) is 10.2. The Morgan fingerprint density at radius 2 is 1.81 bits per heavy atom. The molecule has 0 fully saturated rings. The molecule has 0 amide bonds. The fraction of sp³-hybridized carbons (Fsp3) is 0.412. The Hall–Kier alpha value is -1.94. The second-order valence-corrected chi connectivity index (χ2v) is 5.37. The predicted molar refractivity (Wildman–Crippen MR) is 84.6 cm³/mol. The highest BCUT2D eigenvalue weighted by Crippen LogP contribution is 2.22. The van der Waals surface area contributed by atoms with Gasteiger partial charge in [0.05, 0.1) is 5.69 Å². The van der Waals surface area contributed by atoms with Gasteiger partial charge in [-0.2, -0.15) is 5.10 Å². The summed E-state index contributed by atoms with van der Waals surface area (Å²) in [5, 5.41) is 11.5. The van der Waals surface area contributed by atoms with Crippen LogP contribution in [-0.4, -0.2) is 16.7 Å². The Labute approximate surface area is 126 Å². The molecule has 4 heteroatoms. The van der Waals surface area contributed by atoms with Gasteiger partial charge in [-0.15, -0.1) is 5.10 Å². The highest BCUT2D eigenvalue weighted by Gasteiger charge is 2.03. The molecule has 0 radical (unpaired) electrons. The minimum Gasteiger partial charge on any atom is -0.438 e. The van der Waals surface area contributed by atoms with Gasteiger partial charge >= 0.3 is 0 Å². The van der Waals surface area contributed by atoms with Crippen LogP contribution in [0.4, 0.5) is 0 Å². The Morgan fingerprint density at radius 3 is 2.38 bits per heavy atom. The quantitative estimate of drug-likeness (QED) is 0.784. The molecule has 0 bridgehead atoms. The molecule has 1 aromatic heterocycles. The molecular formula is C17H23N3O. The van der Waals surface area contributed by atoms with Gasteiger partial charge < -0.3 is 10.1 Å². The summed E-state index contributed by atoms with van der Waals surface area (Å²) in [6.07, 6.45) is 1.11. The second-order valence-electron chi connectivity index (χ2n) is 5.37. The minimum absolute atomic E-state index is 0.520. The average Bonchev–Trinajstić information content (AvgIpc) is 2.50. The number of ether oxygens (including phenoxy) is 1. The summed E-state index contributed by atoms with van der Waals surface area (Å²) < 4.78 is 5.70. The Balaban J connectivity index is 1.93. The molecule has 0 saturated carbocycles. The van der Waals surface area contributed by atoms with Crippen molar-refractivity contribution >= 4 is 0 Å². The van der Waals surface area contributed by atoms with Crippen molar-refractivity contribution in [1.82, 2.24) is 15.5 Å². The molecule has 0 saturated heterocycles. The lowest BCUT2D eigenvalue weighted by molar-refractivity contribution is 0.453. The van der Waals surface area contributed by atoms with Crippen LogP contribution < -0.4 is 10.1 Å². The maximum atomic E-state index is 5.70. The number of nitrogens with one attached hydrogen (secondary N) is 1. The van der Waals surface area contributed by atoms with Crippen LogP contribution in [0, 0.1) is 0 Å². The van der Waals surface area contributed by atoms with E-state index < -0.39 is 0 Å². The third kappa shape index (κ3) is 4.83. The van der Waals surface area contributed by atoms with Gasteiger partial charge in [0.25, 0.3) is 0 Å². The Bertz CT molecular complexity index is 535. The maximum absolute atomic E-state index is 5.70. The second kappa shape index (κ2) is 7.74. The monoisotopic (exact) mass is 285 g/mol. The van der Waals surface area contributed by atoms with E-state index in [4.69, 9.17) is 4.74 Å². The van der Waals surface area contributed by atoms with Gasteiger partial charge in [0.2, 0.25) is 5.88 Å². The van der Waals surface area contributed by atoms with E-state index in [2.05, 4.69) is 48.4 Å². The number of aromatic nitrogens is 2. The molecule has 0 aliphatic carbocycles. The van der Waals surface area contributed by atoms with Crippen molar-refractivity contribution in [1.29, 1.82) is 0 Å². The third-order valence-electron chi connectivity index (χ3n) is 3.20. The molecule has 2 rings (SSSR count). The number of hydrogen-bond acceptors (Lipinski definition) is 4. The molecule has 1 heterocycles. The van der Waals surface area contributed by atoms with E-state index >= 15 is 0 Å². The summed E-state index contributed by atoms with van der Waals surface area (Å²) in [6.45, 7) is 8.21. The third-order valence-corrected chi connectivity index (χ3v) is 3.20. The molecule has 0 unspecified atom stereocenters. The molecule has 1 N–H and O–H groups in total. The summed E-state index contributed by atoms with van der Waals surface area (Å²) in [7, 11) is 0. The molecule has 21 heavy (non-hydrogen) atoms. The SMILES string of the molecule is CCCNCc1ccc(Oc2ccc(C(C)C)cc2)nn1. The minimum atomic E-state index is 0.520. The Morgan fingerprint density at radius 1 is 1.05 bits per heavy atom. The topological polar surface area (TPSA) is 47.0 Å². The smallest absolute Gasteiger partial charge is 0.238 e. The number of hydrogen-bond donors (Lipinski definition) is 1. The van der Waals surface area contributed by atoms with E-state index in [-0.39, 0.29) is 0 Å². The summed E-state index contributed by atoms with van der Waals surface area (Å²) in [5.74, 6) is 1.82. The summed E-state index contributed by atoms with van der Waals surface area (Å²) >= 11 is 0. The predicted octanol–water partition coefficient (Wildman–Crippen LogP) is 3.89. The number of benzene rings is 1. The highest BCUT2D eigenvalue weighted by atomic mass is 16.5. The van der Waals surface area contributed by atoms with Crippen molar-refractivity contribution in [3.05, 3.63) is 47.7 Å². The van der Waals surface area contributed by atoms with E-state index in [0.29, 0.717) is 11.8 Å². The van der Waals surface area contributed by atoms with E-state index in [1.807, 2.05) is 24.3 Å². The molecule has 112 valence electrons. The largest absolute Gasteiger partial charge is 0.438 e. The fourth-order valence-corrected chi connectivity index (χ4v) is 1.93. The zero-order chi connectivity index (χ0) is 15.1. The van der Waals surface area contributed by atoms with Gasteiger partial charge in [0, 0.05) is 12.6 Å². The van der Waals surface area contributed by atoms with Crippen LogP contribution in [0.25, 0.3) is 0 Å². The summed E-state index contributed by atoms with van der Waals surface area (Å²) in [6, 6.07) is 11.9. The zero-order valence-corrected chi connectivity index (χ0v) is 13.0. The zero-order valence-electron chi connectivity index (χ0n) is 13.0. The lowest BCUT2D eigenvalue weighted by Gasteiger charge is -2.08. The molecule has 1 aromatic carbocycles. The van der Waals surface area contributed by atoms with Crippen molar-refractivity contribution < 1.29 is 4.74 Å². The van der Waals surface area contributed by atoms with Crippen molar-refractivity contribution in [3.8, 4) is 11.6 Å². The standard InChI is InChI=1S/C17H23N3O/c1-4-11-18-12-15-7-10-17(20-19-15)21-16-8-5-14(6-9-16)13(2)3/h5-10,13,18H,4,11-12H2,1-3H3. The van der Waals surface area contributed by atoms with Crippen LogP contribution in [0.2, 0.25) is 0 Å². The van der Waals surface area contributed by atoms with E-state index in [1.54, 1.807) is 0 Å². The van der Waals surface area contributed by atoms with Gasteiger partial charge in [0.1, 0.15) is 5.75 Å². The fourth-order valence-electron chi connectivity index (χ4n) is 1.93. The molecule has 0 aliphatic heterocycles. The average molecular weight is 285 g/mol. The number of rotatable bonds is 7. The van der Waals surface area contributed by atoms with Crippen LogP contribution in [0.1, 0.15) is 44.4 Å². The van der Waals surface area contributed by atoms with Gasteiger partial charge in [-0.05, 0) is 42.6 Å². The summed E-state index contributed by atoms with van der Waals surface area (Å²) in [4.78, 5) is 0. The van der Waals surface area contributed by atoms with Crippen molar-refractivity contribution in [2.75, 3.05) is 6.54 Å². The molecular weight excluding hydrogens is 262 g/mol. The van der Waals surface area contributed by atoms with Crippen LogP contribution in [0.3, 0.4) is 0 Å². The molecule has 4 nitrogen and oxygen atoms in total. The van der Waals surface area contributed by atoms with Crippen LogP contribution in [0.5, 0.6) is 11.6 Å².